The van der Waals surface area contributed by atoms with Gasteiger partial charge in [0.15, 0.2) is 11.0 Å². The van der Waals surface area contributed by atoms with Crippen LogP contribution in [0.5, 0.6) is 0 Å². The molecular formula is C18H12F6N4O2S2. The van der Waals surface area contributed by atoms with Crippen LogP contribution in [0.25, 0.3) is 0 Å². The van der Waals surface area contributed by atoms with E-state index in [0.29, 0.717) is 17.1 Å². The molecule has 0 aliphatic carbocycles. The number of rotatable bonds is 6. The van der Waals surface area contributed by atoms with Crippen LogP contribution in [0, 0.1) is 0 Å². The first-order valence-electron chi connectivity index (χ1n) is 8.57. The highest BCUT2D eigenvalue weighted by Crippen LogP contribution is 2.30. The van der Waals surface area contributed by atoms with E-state index in [1.165, 1.54) is 36.4 Å². The lowest BCUT2D eigenvalue weighted by atomic mass is 10.1. The van der Waals surface area contributed by atoms with E-state index < -0.39 is 40.6 Å². The molecule has 1 unspecified atom stereocenters. The number of carbonyl (C=O) groups excluding carboxylic acids is 1. The maximum absolute atomic E-state index is 12.6. The van der Waals surface area contributed by atoms with E-state index in [1.807, 2.05) is 0 Å². The first kappa shape index (κ1) is 23.7. The molecule has 1 atom stereocenters. The van der Waals surface area contributed by atoms with Crippen molar-refractivity contribution in [1.29, 1.82) is 0 Å². The van der Waals surface area contributed by atoms with E-state index >= 15 is 0 Å². The second-order valence-corrected chi connectivity index (χ2v) is 8.16. The summed E-state index contributed by atoms with van der Waals surface area (Å²) in [7, 11) is -1.95. The summed E-state index contributed by atoms with van der Waals surface area (Å²) in [5, 5.41) is 2.26. The first-order chi connectivity index (χ1) is 14.9. The maximum Gasteiger partial charge on any atom is 0.452 e. The number of nitrogens with zero attached hydrogens (tertiary/aromatic N) is 2. The molecule has 2 N–H and O–H groups in total. The van der Waals surface area contributed by atoms with Crippen LogP contribution in [0.3, 0.4) is 0 Å². The second kappa shape index (κ2) is 9.24. The fraction of sp³-hybridized carbons (Fsp3) is 0.167. The van der Waals surface area contributed by atoms with Gasteiger partial charge in [-0.1, -0.05) is 12.1 Å². The Labute approximate surface area is 183 Å². The maximum atomic E-state index is 12.6. The second-order valence-electron chi connectivity index (χ2n) is 6.19. The van der Waals surface area contributed by atoms with E-state index in [1.54, 1.807) is 0 Å². The summed E-state index contributed by atoms with van der Waals surface area (Å²) >= 11 is 0.402. The lowest BCUT2D eigenvalue weighted by Gasteiger charge is -2.09. The molecule has 0 aliphatic heterocycles. The van der Waals surface area contributed by atoms with Gasteiger partial charge in [0, 0.05) is 23.6 Å². The number of carbonyl (C=O) groups is 1. The van der Waals surface area contributed by atoms with Gasteiger partial charge in [-0.25, -0.2) is 4.21 Å². The number of aromatic nitrogens is 2. The van der Waals surface area contributed by atoms with Gasteiger partial charge in [0.1, 0.15) is 0 Å². The van der Waals surface area contributed by atoms with Crippen molar-refractivity contribution in [2.75, 3.05) is 4.72 Å². The third kappa shape index (κ3) is 6.03. The topological polar surface area (TPSA) is 84.0 Å². The summed E-state index contributed by atoms with van der Waals surface area (Å²) in [4.78, 5) is 15.6. The SMILES string of the molecule is O=C(NCc1ccc(C(F)(F)F)cc1)c1ccc(S(=O)Nc2nc(C(F)(F)F)ns2)cc1. The lowest BCUT2D eigenvalue weighted by Crippen LogP contribution is -2.22. The highest BCUT2D eigenvalue weighted by Gasteiger charge is 2.36. The number of hydrogen-bond donors (Lipinski definition) is 2. The number of halogens is 6. The Morgan fingerprint density at radius 2 is 1.56 bits per heavy atom. The third-order valence-corrected chi connectivity index (χ3v) is 5.76. The first-order valence-corrected chi connectivity index (χ1v) is 10.5. The molecule has 1 amide bonds. The van der Waals surface area contributed by atoms with Crippen LogP contribution in [-0.2, 0) is 29.9 Å². The largest absolute Gasteiger partial charge is 0.452 e. The lowest BCUT2D eigenvalue weighted by molar-refractivity contribution is -0.144. The van der Waals surface area contributed by atoms with Crippen LogP contribution in [-0.4, -0.2) is 19.5 Å². The van der Waals surface area contributed by atoms with E-state index in [4.69, 9.17) is 0 Å². The summed E-state index contributed by atoms with van der Waals surface area (Å²) in [5.41, 5.74) is -0.149. The van der Waals surface area contributed by atoms with Gasteiger partial charge in [-0.15, -0.1) is 0 Å². The van der Waals surface area contributed by atoms with Gasteiger partial charge in [-0.3, -0.25) is 9.52 Å². The minimum atomic E-state index is -4.71. The molecule has 32 heavy (non-hydrogen) atoms. The molecule has 6 nitrogen and oxygen atoms in total. The molecule has 0 aliphatic rings. The van der Waals surface area contributed by atoms with Crippen molar-refractivity contribution in [3.63, 3.8) is 0 Å². The van der Waals surface area contributed by atoms with Crippen molar-refractivity contribution >= 4 is 33.6 Å². The molecule has 1 aromatic heterocycles. The number of nitrogens with one attached hydrogen (secondary N) is 2. The van der Waals surface area contributed by atoms with E-state index in [9.17, 15) is 35.3 Å². The van der Waals surface area contributed by atoms with Gasteiger partial charge in [0.2, 0.25) is 11.0 Å². The van der Waals surface area contributed by atoms with Gasteiger partial charge in [-0.2, -0.15) is 35.7 Å². The molecular weight excluding hydrogens is 482 g/mol. The average Bonchev–Trinajstić information content (AvgIpc) is 3.21. The summed E-state index contributed by atoms with van der Waals surface area (Å²) in [6.07, 6.45) is -9.16. The molecule has 0 spiro atoms. The zero-order valence-corrected chi connectivity index (χ0v) is 17.3. The number of hydrogen-bond acceptors (Lipinski definition) is 5. The normalized spacial score (nSPS) is 12.9. The van der Waals surface area contributed by atoms with Crippen molar-refractivity contribution in [1.82, 2.24) is 14.7 Å². The average molecular weight is 494 g/mol. The van der Waals surface area contributed by atoms with Crippen molar-refractivity contribution in [2.45, 2.75) is 23.8 Å². The summed E-state index contributed by atoms with van der Waals surface area (Å²) in [6, 6.07) is 9.68. The molecule has 0 saturated carbocycles. The molecule has 3 rings (SSSR count). The van der Waals surface area contributed by atoms with Crippen molar-refractivity contribution in [3.05, 3.63) is 71.0 Å². The van der Waals surface area contributed by atoms with Crippen molar-refractivity contribution < 1.29 is 35.3 Å². The zero-order chi connectivity index (χ0) is 23.5. The monoisotopic (exact) mass is 494 g/mol. The molecule has 0 radical (unpaired) electrons. The van der Waals surface area contributed by atoms with Gasteiger partial charge in [-0.05, 0) is 42.0 Å². The number of amides is 1. The summed E-state index contributed by atoms with van der Waals surface area (Å²) < 4.78 is 92.9. The molecule has 0 saturated heterocycles. The van der Waals surface area contributed by atoms with Crippen LogP contribution in [0.2, 0.25) is 0 Å². The van der Waals surface area contributed by atoms with E-state index in [2.05, 4.69) is 19.4 Å². The van der Waals surface area contributed by atoms with Crippen molar-refractivity contribution in [3.8, 4) is 0 Å². The minimum Gasteiger partial charge on any atom is -0.348 e. The van der Waals surface area contributed by atoms with Crippen LogP contribution in [0.15, 0.2) is 53.4 Å². The summed E-state index contributed by atoms with van der Waals surface area (Å²) in [5.74, 6) is -1.86. The predicted octanol–water partition coefficient (Wildman–Crippen LogP) is 4.64. The Balaban J connectivity index is 1.57. The smallest absolute Gasteiger partial charge is 0.348 e. The third-order valence-electron chi connectivity index (χ3n) is 3.92. The molecule has 2 aromatic carbocycles. The molecule has 3 aromatic rings. The Hall–Kier alpha value is -3.00. The van der Waals surface area contributed by atoms with Gasteiger partial charge >= 0.3 is 12.4 Å². The van der Waals surface area contributed by atoms with Crippen LogP contribution in [0.4, 0.5) is 31.5 Å². The van der Waals surface area contributed by atoms with Crippen molar-refractivity contribution in [2.24, 2.45) is 0 Å². The highest BCUT2D eigenvalue weighted by molar-refractivity contribution is 7.86. The predicted molar refractivity (Wildman–Crippen MR) is 104 cm³/mol. The number of anilines is 1. The Kier molecular flexibility index (Phi) is 6.83. The zero-order valence-electron chi connectivity index (χ0n) is 15.6. The fourth-order valence-electron chi connectivity index (χ4n) is 2.34. The van der Waals surface area contributed by atoms with Gasteiger partial charge in [0.25, 0.3) is 5.91 Å². The molecule has 14 heteroatoms. The quantitative estimate of drug-likeness (QED) is 0.489. The Morgan fingerprint density at radius 3 is 2.09 bits per heavy atom. The van der Waals surface area contributed by atoms with E-state index in [0.717, 1.165) is 12.1 Å². The Morgan fingerprint density at radius 1 is 0.938 bits per heavy atom. The molecule has 0 bridgehead atoms. The minimum absolute atomic E-state index is 0.00913. The highest BCUT2D eigenvalue weighted by atomic mass is 32.2. The molecule has 0 fully saturated rings. The van der Waals surface area contributed by atoms with Gasteiger partial charge in [0.05, 0.1) is 10.5 Å². The molecule has 1 heterocycles. The van der Waals surface area contributed by atoms with Gasteiger partial charge < -0.3 is 5.32 Å². The molecule has 170 valence electrons. The number of alkyl halides is 6. The van der Waals surface area contributed by atoms with Crippen LogP contribution >= 0.6 is 11.5 Å². The Bertz CT molecular complexity index is 1110. The van der Waals surface area contributed by atoms with E-state index in [-0.39, 0.29) is 22.1 Å². The summed E-state index contributed by atoms with van der Waals surface area (Å²) in [6.45, 7) is -0.00913. The van der Waals surface area contributed by atoms with Crippen LogP contribution < -0.4 is 10.0 Å². The number of benzene rings is 2. The standard InChI is InChI=1S/C18H12F6N4O2S2/c19-17(20,21)12-5-1-10(2-6-12)9-25-14(29)11-3-7-13(8-4-11)32(30)28-16-26-15(27-31-16)18(22,23)24/h1-8H,9H2,(H,25,29)(H,26,27,28). The fourth-order valence-corrected chi connectivity index (χ4v) is 3.87. The van der Waals surface area contributed by atoms with Crippen LogP contribution in [0.1, 0.15) is 27.3 Å².